The quantitative estimate of drug-likeness (QED) is 0.797. The third kappa shape index (κ3) is 4.79. The molecule has 6 heteroatoms. The van der Waals surface area contributed by atoms with Crippen molar-refractivity contribution >= 4 is 5.91 Å². The number of rotatable bonds is 8. The lowest BCUT2D eigenvalue weighted by atomic mass is 10.1. The second kappa shape index (κ2) is 8.82. The van der Waals surface area contributed by atoms with Gasteiger partial charge in [0.15, 0.2) is 23.0 Å². The number of nitrogens with one attached hydrogen (secondary N) is 1. The van der Waals surface area contributed by atoms with Crippen LogP contribution in [0.4, 0.5) is 0 Å². The average molecular weight is 345 g/mol. The van der Waals surface area contributed by atoms with Crippen LogP contribution in [0.1, 0.15) is 11.1 Å². The predicted octanol–water partition coefficient (Wildman–Crippen LogP) is 2.58. The van der Waals surface area contributed by atoms with E-state index in [1.54, 1.807) is 40.6 Å². The van der Waals surface area contributed by atoms with E-state index in [0.29, 0.717) is 29.5 Å². The Morgan fingerprint density at radius 1 is 0.760 bits per heavy atom. The molecule has 1 amide bonds. The minimum atomic E-state index is -0.0815. The first kappa shape index (κ1) is 18.4. The van der Waals surface area contributed by atoms with Crippen molar-refractivity contribution in [2.75, 3.05) is 28.4 Å². The van der Waals surface area contributed by atoms with Gasteiger partial charge in [0, 0.05) is 6.54 Å². The lowest BCUT2D eigenvalue weighted by molar-refractivity contribution is -0.120. The molecule has 6 nitrogen and oxygen atoms in total. The van der Waals surface area contributed by atoms with Crippen LogP contribution in [0.2, 0.25) is 0 Å². The van der Waals surface area contributed by atoms with Gasteiger partial charge in [-0.1, -0.05) is 12.1 Å². The van der Waals surface area contributed by atoms with Crippen LogP contribution in [0.15, 0.2) is 36.4 Å². The van der Waals surface area contributed by atoms with E-state index >= 15 is 0 Å². The van der Waals surface area contributed by atoms with Gasteiger partial charge in [-0.3, -0.25) is 4.79 Å². The number of ether oxygens (including phenoxy) is 4. The molecule has 0 fully saturated rings. The van der Waals surface area contributed by atoms with Crippen LogP contribution in [0.3, 0.4) is 0 Å². The van der Waals surface area contributed by atoms with Crippen LogP contribution in [0.5, 0.6) is 23.0 Å². The van der Waals surface area contributed by atoms with Gasteiger partial charge in [-0.25, -0.2) is 0 Å². The van der Waals surface area contributed by atoms with E-state index in [4.69, 9.17) is 18.9 Å². The first-order valence-electron chi connectivity index (χ1n) is 7.79. The van der Waals surface area contributed by atoms with E-state index in [1.807, 2.05) is 24.3 Å². The normalized spacial score (nSPS) is 10.1. The molecule has 2 rings (SSSR count). The predicted molar refractivity (Wildman–Crippen MR) is 94.6 cm³/mol. The monoisotopic (exact) mass is 345 g/mol. The van der Waals surface area contributed by atoms with Crippen LogP contribution in [0.25, 0.3) is 0 Å². The van der Waals surface area contributed by atoms with Crippen molar-refractivity contribution in [3.05, 3.63) is 47.5 Å². The van der Waals surface area contributed by atoms with E-state index in [2.05, 4.69) is 5.32 Å². The van der Waals surface area contributed by atoms with E-state index in [0.717, 1.165) is 11.1 Å². The lowest BCUT2D eigenvalue weighted by Crippen LogP contribution is -2.24. The third-order valence-electron chi connectivity index (χ3n) is 3.75. The standard InChI is InChI=1S/C19H23NO5/c1-22-15-7-5-13(9-17(15)24-3)11-19(21)20-12-14-6-8-16(23-2)18(10-14)25-4/h5-10H,11-12H2,1-4H3,(H,20,21). The van der Waals surface area contributed by atoms with Gasteiger partial charge >= 0.3 is 0 Å². The highest BCUT2D eigenvalue weighted by Crippen LogP contribution is 2.28. The average Bonchev–Trinajstić information content (AvgIpc) is 2.65. The Morgan fingerprint density at radius 2 is 1.24 bits per heavy atom. The number of hydrogen-bond acceptors (Lipinski definition) is 5. The number of carbonyl (C=O) groups is 1. The van der Waals surface area contributed by atoms with Gasteiger partial charge in [0.25, 0.3) is 0 Å². The number of hydrogen-bond donors (Lipinski definition) is 1. The molecule has 25 heavy (non-hydrogen) atoms. The minimum absolute atomic E-state index is 0.0815. The Labute approximate surface area is 147 Å². The molecule has 0 saturated heterocycles. The van der Waals surface area contributed by atoms with Crippen LogP contribution in [0, 0.1) is 0 Å². The molecule has 0 bridgehead atoms. The van der Waals surface area contributed by atoms with E-state index in [1.165, 1.54) is 0 Å². The summed E-state index contributed by atoms with van der Waals surface area (Å²) in [6.45, 7) is 0.409. The zero-order valence-electron chi connectivity index (χ0n) is 14.9. The fourth-order valence-corrected chi connectivity index (χ4v) is 2.43. The molecule has 0 heterocycles. The first-order chi connectivity index (χ1) is 12.1. The minimum Gasteiger partial charge on any atom is -0.493 e. The van der Waals surface area contributed by atoms with Crippen molar-refractivity contribution in [2.24, 2.45) is 0 Å². The molecule has 0 aliphatic carbocycles. The molecule has 0 radical (unpaired) electrons. The molecule has 0 spiro atoms. The Hall–Kier alpha value is -2.89. The SMILES string of the molecule is COc1ccc(CNC(=O)Cc2ccc(OC)c(OC)c2)cc1OC. The van der Waals surface area contributed by atoms with Gasteiger partial charge in [-0.15, -0.1) is 0 Å². The number of benzene rings is 2. The zero-order valence-corrected chi connectivity index (χ0v) is 14.9. The second-order valence-corrected chi connectivity index (χ2v) is 5.33. The molecule has 0 aromatic heterocycles. The summed E-state index contributed by atoms with van der Waals surface area (Å²) in [6, 6.07) is 11.0. The van der Waals surface area contributed by atoms with Gasteiger partial charge in [0.05, 0.1) is 34.9 Å². The Kier molecular flexibility index (Phi) is 6.51. The highest BCUT2D eigenvalue weighted by molar-refractivity contribution is 5.78. The van der Waals surface area contributed by atoms with Gasteiger partial charge in [0.1, 0.15) is 0 Å². The molecule has 0 saturated carbocycles. The molecule has 2 aromatic carbocycles. The van der Waals surface area contributed by atoms with Crippen LogP contribution < -0.4 is 24.3 Å². The highest BCUT2D eigenvalue weighted by Gasteiger charge is 2.09. The zero-order chi connectivity index (χ0) is 18.2. The largest absolute Gasteiger partial charge is 0.493 e. The Morgan fingerprint density at radius 3 is 1.76 bits per heavy atom. The molecular weight excluding hydrogens is 322 g/mol. The lowest BCUT2D eigenvalue weighted by Gasteiger charge is -2.11. The molecule has 2 aromatic rings. The summed E-state index contributed by atoms with van der Waals surface area (Å²) in [4.78, 5) is 12.2. The summed E-state index contributed by atoms with van der Waals surface area (Å²) < 4.78 is 20.9. The van der Waals surface area contributed by atoms with Crippen molar-refractivity contribution in [1.29, 1.82) is 0 Å². The van der Waals surface area contributed by atoms with Crippen molar-refractivity contribution in [1.82, 2.24) is 5.32 Å². The second-order valence-electron chi connectivity index (χ2n) is 5.33. The molecule has 0 aliphatic rings. The number of methoxy groups -OCH3 is 4. The third-order valence-corrected chi connectivity index (χ3v) is 3.75. The number of carbonyl (C=O) groups excluding carboxylic acids is 1. The maximum absolute atomic E-state index is 12.2. The fourth-order valence-electron chi connectivity index (χ4n) is 2.43. The molecule has 1 N–H and O–H groups in total. The van der Waals surface area contributed by atoms with Gasteiger partial charge in [-0.2, -0.15) is 0 Å². The Bertz CT molecular complexity index is 730. The van der Waals surface area contributed by atoms with E-state index < -0.39 is 0 Å². The van der Waals surface area contributed by atoms with Crippen molar-refractivity contribution in [2.45, 2.75) is 13.0 Å². The van der Waals surface area contributed by atoms with Gasteiger partial charge in [0.2, 0.25) is 5.91 Å². The number of amides is 1. The molecule has 0 aliphatic heterocycles. The highest BCUT2D eigenvalue weighted by atomic mass is 16.5. The van der Waals surface area contributed by atoms with Gasteiger partial charge < -0.3 is 24.3 Å². The maximum atomic E-state index is 12.2. The van der Waals surface area contributed by atoms with Crippen molar-refractivity contribution in [3.8, 4) is 23.0 Å². The summed E-state index contributed by atoms with van der Waals surface area (Å²) in [7, 11) is 6.31. The summed E-state index contributed by atoms with van der Waals surface area (Å²) in [5.41, 5.74) is 1.78. The molecule has 134 valence electrons. The first-order valence-corrected chi connectivity index (χ1v) is 7.79. The summed E-state index contributed by atoms with van der Waals surface area (Å²) >= 11 is 0. The summed E-state index contributed by atoms with van der Waals surface area (Å²) in [5, 5.41) is 2.89. The topological polar surface area (TPSA) is 66.0 Å². The van der Waals surface area contributed by atoms with E-state index in [-0.39, 0.29) is 12.3 Å². The van der Waals surface area contributed by atoms with Crippen molar-refractivity contribution < 1.29 is 23.7 Å². The molecule has 0 atom stereocenters. The molecular formula is C19H23NO5. The fraction of sp³-hybridized carbons (Fsp3) is 0.316. The van der Waals surface area contributed by atoms with Crippen LogP contribution in [-0.4, -0.2) is 34.3 Å². The van der Waals surface area contributed by atoms with E-state index in [9.17, 15) is 4.79 Å². The maximum Gasteiger partial charge on any atom is 0.224 e. The van der Waals surface area contributed by atoms with Crippen LogP contribution >= 0.6 is 0 Å². The van der Waals surface area contributed by atoms with Gasteiger partial charge in [-0.05, 0) is 35.4 Å². The summed E-state index contributed by atoms with van der Waals surface area (Å²) in [6.07, 6.45) is 0.258. The summed E-state index contributed by atoms with van der Waals surface area (Å²) in [5.74, 6) is 2.45. The smallest absolute Gasteiger partial charge is 0.224 e. The molecule has 0 unspecified atom stereocenters. The Balaban J connectivity index is 1.97. The van der Waals surface area contributed by atoms with Crippen LogP contribution in [-0.2, 0) is 17.8 Å². The van der Waals surface area contributed by atoms with Crippen molar-refractivity contribution in [3.63, 3.8) is 0 Å².